The van der Waals surface area contributed by atoms with Crippen LogP contribution in [-0.2, 0) is 4.74 Å². The maximum atomic E-state index is 5.67. The van der Waals surface area contributed by atoms with Gasteiger partial charge in [-0.25, -0.2) is 0 Å². The molecule has 0 amide bonds. The van der Waals surface area contributed by atoms with Crippen LogP contribution in [0.2, 0.25) is 0 Å². The Kier molecular flexibility index (Phi) is 6.98. The highest BCUT2D eigenvalue weighted by atomic mass is 16.5. The van der Waals surface area contributed by atoms with Crippen molar-refractivity contribution in [1.82, 2.24) is 10.2 Å². The summed E-state index contributed by atoms with van der Waals surface area (Å²) in [5.41, 5.74) is 0. The number of likely N-dealkylation sites (N-methyl/N-ethyl adjacent to an activating group) is 1. The van der Waals surface area contributed by atoms with Gasteiger partial charge < -0.3 is 15.0 Å². The first-order chi connectivity index (χ1) is 7.33. The molecule has 1 atom stereocenters. The van der Waals surface area contributed by atoms with Crippen LogP contribution in [0, 0.1) is 0 Å². The molecule has 0 saturated carbocycles. The Morgan fingerprint density at radius 1 is 1.33 bits per heavy atom. The normalized spacial score (nSPS) is 22.2. The second-order valence-corrected chi connectivity index (χ2v) is 4.52. The molecule has 1 unspecified atom stereocenters. The lowest BCUT2D eigenvalue weighted by Gasteiger charge is -2.27. The fraction of sp³-hybridized carbons (Fsp3) is 1.00. The zero-order valence-electron chi connectivity index (χ0n) is 10.3. The van der Waals surface area contributed by atoms with Crippen molar-refractivity contribution in [3.05, 3.63) is 0 Å². The number of nitrogens with zero attached hydrogens (tertiary/aromatic N) is 1. The van der Waals surface area contributed by atoms with Crippen LogP contribution in [0.1, 0.15) is 32.6 Å². The number of hydrogen-bond donors (Lipinski definition) is 1. The van der Waals surface area contributed by atoms with Gasteiger partial charge in [-0.1, -0.05) is 26.2 Å². The van der Waals surface area contributed by atoms with E-state index in [-0.39, 0.29) is 0 Å². The predicted molar refractivity (Wildman–Crippen MR) is 64.2 cm³/mol. The van der Waals surface area contributed by atoms with Gasteiger partial charge in [0.05, 0.1) is 12.7 Å². The van der Waals surface area contributed by atoms with Gasteiger partial charge in [0.25, 0.3) is 0 Å². The fourth-order valence-corrected chi connectivity index (χ4v) is 1.98. The summed E-state index contributed by atoms with van der Waals surface area (Å²) < 4.78 is 5.67. The first-order valence-electron chi connectivity index (χ1n) is 6.33. The number of nitrogens with one attached hydrogen (secondary N) is 1. The first kappa shape index (κ1) is 12.9. The van der Waals surface area contributed by atoms with Gasteiger partial charge >= 0.3 is 0 Å². The molecule has 1 saturated heterocycles. The van der Waals surface area contributed by atoms with Crippen LogP contribution in [0.4, 0.5) is 0 Å². The van der Waals surface area contributed by atoms with Crippen LogP contribution in [0.5, 0.6) is 0 Å². The smallest absolute Gasteiger partial charge is 0.0826 e. The van der Waals surface area contributed by atoms with Crippen molar-refractivity contribution in [3.8, 4) is 0 Å². The van der Waals surface area contributed by atoms with E-state index in [2.05, 4.69) is 24.2 Å². The Bertz CT molecular complexity index is 147. The Morgan fingerprint density at radius 2 is 2.20 bits per heavy atom. The van der Waals surface area contributed by atoms with Crippen molar-refractivity contribution in [1.29, 1.82) is 0 Å². The molecule has 0 radical (unpaired) electrons. The van der Waals surface area contributed by atoms with Crippen molar-refractivity contribution in [2.45, 2.75) is 38.7 Å². The molecule has 0 spiro atoms. The molecule has 0 aromatic heterocycles. The number of rotatable bonds is 7. The van der Waals surface area contributed by atoms with Gasteiger partial charge in [-0.05, 0) is 20.0 Å². The third-order valence-electron chi connectivity index (χ3n) is 2.91. The second kappa shape index (κ2) is 8.08. The van der Waals surface area contributed by atoms with Crippen LogP contribution < -0.4 is 5.32 Å². The molecule has 1 aliphatic rings. The van der Waals surface area contributed by atoms with Gasteiger partial charge in [0.1, 0.15) is 0 Å². The van der Waals surface area contributed by atoms with Crippen molar-refractivity contribution in [2.24, 2.45) is 0 Å². The van der Waals surface area contributed by atoms with Crippen LogP contribution in [0.3, 0.4) is 0 Å². The minimum atomic E-state index is 0.398. The van der Waals surface area contributed by atoms with Crippen molar-refractivity contribution in [3.63, 3.8) is 0 Å². The van der Waals surface area contributed by atoms with E-state index < -0.39 is 0 Å². The fourth-order valence-electron chi connectivity index (χ4n) is 1.98. The minimum Gasteiger partial charge on any atom is -0.374 e. The number of hydrogen-bond acceptors (Lipinski definition) is 3. The number of ether oxygens (including phenoxy) is 1. The maximum Gasteiger partial charge on any atom is 0.0826 e. The Balaban J connectivity index is 1.98. The average Bonchev–Trinajstić information content (AvgIpc) is 2.26. The summed E-state index contributed by atoms with van der Waals surface area (Å²) in [6.07, 6.45) is 5.78. The van der Waals surface area contributed by atoms with Gasteiger partial charge in [0.2, 0.25) is 0 Å². The van der Waals surface area contributed by atoms with E-state index in [9.17, 15) is 0 Å². The van der Waals surface area contributed by atoms with Gasteiger partial charge in [0, 0.05) is 19.6 Å². The van der Waals surface area contributed by atoms with Crippen LogP contribution in [-0.4, -0.2) is 50.8 Å². The van der Waals surface area contributed by atoms with E-state index in [1.165, 1.54) is 32.2 Å². The summed E-state index contributed by atoms with van der Waals surface area (Å²) in [6.45, 7) is 7.43. The molecule has 15 heavy (non-hydrogen) atoms. The lowest BCUT2D eigenvalue weighted by molar-refractivity contribution is 0.00987. The molecule has 3 nitrogen and oxygen atoms in total. The largest absolute Gasteiger partial charge is 0.374 e. The highest BCUT2D eigenvalue weighted by Crippen LogP contribution is 2.03. The van der Waals surface area contributed by atoms with Gasteiger partial charge in [0.15, 0.2) is 0 Å². The average molecular weight is 214 g/mol. The summed E-state index contributed by atoms with van der Waals surface area (Å²) >= 11 is 0. The zero-order chi connectivity index (χ0) is 10.9. The van der Waals surface area contributed by atoms with Crippen LogP contribution in [0.25, 0.3) is 0 Å². The molecule has 3 heteroatoms. The number of morpholine rings is 1. The van der Waals surface area contributed by atoms with Gasteiger partial charge in [-0.3, -0.25) is 0 Å². The predicted octanol–water partition coefficient (Wildman–Crippen LogP) is 1.49. The molecule has 1 heterocycles. The quantitative estimate of drug-likeness (QED) is 0.650. The molecule has 1 N–H and O–H groups in total. The molecular weight excluding hydrogens is 188 g/mol. The Morgan fingerprint density at radius 3 is 2.87 bits per heavy atom. The first-order valence-corrected chi connectivity index (χ1v) is 6.33. The molecule has 1 fully saturated rings. The van der Waals surface area contributed by atoms with E-state index in [0.717, 1.165) is 26.2 Å². The highest BCUT2D eigenvalue weighted by molar-refractivity contribution is 4.70. The van der Waals surface area contributed by atoms with Gasteiger partial charge in [-0.15, -0.1) is 0 Å². The molecule has 0 aromatic rings. The third kappa shape index (κ3) is 6.13. The lowest BCUT2D eigenvalue weighted by atomic mass is 10.2. The van der Waals surface area contributed by atoms with Crippen LogP contribution >= 0.6 is 0 Å². The lowest BCUT2D eigenvalue weighted by Crippen LogP contribution is -2.44. The summed E-state index contributed by atoms with van der Waals surface area (Å²) in [5.74, 6) is 0. The van der Waals surface area contributed by atoms with Crippen molar-refractivity contribution >= 4 is 0 Å². The standard InChI is InChI=1S/C12H26N2O/c1-3-4-5-6-8-14(2)11-12-10-13-7-9-15-12/h12-13H,3-11H2,1-2H3. The number of unbranched alkanes of at least 4 members (excludes halogenated alkanes) is 3. The SMILES string of the molecule is CCCCCCN(C)CC1CNCCO1. The van der Waals surface area contributed by atoms with E-state index in [1.54, 1.807) is 0 Å². The summed E-state index contributed by atoms with van der Waals surface area (Å²) in [7, 11) is 2.20. The Labute approximate surface area is 94.2 Å². The Hall–Kier alpha value is -0.120. The van der Waals surface area contributed by atoms with Crippen molar-refractivity contribution in [2.75, 3.05) is 39.8 Å². The van der Waals surface area contributed by atoms with Crippen molar-refractivity contribution < 1.29 is 4.74 Å². The highest BCUT2D eigenvalue weighted by Gasteiger charge is 2.14. The molecule has 1 rings (SSSR count). The van der Waals surface area contributed by atoms with Crippen LogP contribution in [0.15, 0.2) is 0 Å². The molecule has 0 bridgehead atoms. The molecular formula is C12H26N2O. The summed E-state index contributed by atoms with van der Waals surface area (Å²) in [4.78, 5) is 2.40. The van der Waals surface area contributed by atoms with E-state index in [0.29, 0.717) is 6.10 Å². The molecule has 0 aromatic carbocycles. The topological polar surface area (TPSA) is 24.5 Å². The monoisotopic (exact) mass is 214 g/mol. The molecule has 90 valence electrons. The van der Waals surface area contributed by atoms with E-state index in [1.807, 2.05) is 0 Å². The minimum absolute atomic E-state index is 0.398. The molecule has 1 aliphatic heterocycles. The maximum absolute atomic E-state index is 5.67. The second-order valence-electron chi connectivity index (χ2n) is 4.52. The van der Waals surface area contributed by atoms with Gasteiger partial charge in [-0.2, -0.15) is 0 Å². The van der Waals surface area contributed by atoms with E-state index in [4.69, 9.17) is 4.74 Å². The molecule has 0 aliphatic carbocycles. The third-order valence-corrected chi connectivity index (χ3v) is 2.91. The summed E-state index contributed by atoms with van der Waals surface area (Å²) in [6, 6.07) is 0. The zero-order valence-corrected chi connectivity index (χ0v) is 10.3. The summed E-state index contributed by atoms with van der Waals surface area (Å²) in [5, 5.41) is 3.36. The van der Waals surface area contributed by atoms with E-state index >= 15 is 0 Å².